The number of para-hydroxylation sites is 1. The van der Waals surface area contributed by atoms with Crippen molar-refractivity contribution in [1.82, 2.24) is 0 Å². The van der Waals surface area contributed by atoms with E-state index in [1.807, 2.05) is 36.4 Å². The van der Waals surface area contributed by atoms with Crippen LogP contribution in [0.4, 0.5) is 5.69 Å². The Morgan fingerprint density at radius 2 is 1.57 bits per heavy atom. The average Bonchev–Trinajstić information content (AvgIpc) is 2.79. The molecule has 30 heavy (non-hydrogen) atoms. The zero-order chi connectivity index (χ0) is 20.8. The van der Waals surface area contributed by atoms with E-state index in [1.165, 1.54) is 16.8 Å². The maximum absolute atomic E-state index is 11.4. The lowest BCUT2D eigenvalue weighted by atomic mass is 9.87. The molecule has 1 aliphatic rings. The van der Waals surface area contributed by atoms with Crippen LogP contribution in [-0.2, 0) is 6.42 Å². The fourth-order valence-corrected chi connectivity index (χ4v) is 4.26. The van der Waals surface area contributed by atoms with E-state index in [2.05, 4.69) is 59.6 Å². The van der Waals surface area contributed by atoms with Gasteiger partial charge < -0.3 is 4.90 Å². The van der Waals surface area contributed by atoms with Crippen LogP contribution in [0.5, 0.6) is 0 Å². The first kappa shape index (κ1) is 19.9. The third-order valence-corrected chi connectivity index (χ3v) is 5.71. The average molecular weight is 399 g/mol. The largest absolute Gasteiger partial charge is 0.348 e. The molecule has 0 aromatic heterocycles. The lowest BCUT2D eigenvalue weighted by molar-refractivity contribution is -0.482. The quantitative estimate of drug-likeness (QED) is 0.372. The predicted octanol–water partition coefficient (Wildman–Crippen LogP) is 5.82. The zero-order valence-corrected chi connectivity index (χ0v) is 17.0. The van der Waals surface area contributed by atoms with E-state index in [4.69, 9.17) is 0 Å². The van der Waals surface area contributed by atoms with E-state index in [1.54, 1.807) is 0 Å². The van der Waals surface area contributed by atoms with Crippen LogP contribution < -0.4 is 4.90 Å². The van der Waals surface area contributed by atoms with E-state index < -0.39 is 0 Å². The first-order valence-electron chi connectivity index (χ1n) is 10.5. The van der Waals surface area contributed by atoms with Crippen LogP contribution >= 0.6 is 0 Å². The van der Waals surface area contributed by atoms with Crippen molar-refractivity contribution in [3.8, 4) is 0 Å². The molecule has 3 aromatic carbocycles. The predicted molar refractivity (Wildman–Crippen MR) is 121 cm³/mol. The minimum atomic E-state index is -0.194. The van der Waals surface area contributed by atoms with E-state index >= 15 is 0 Å². The molecule has 152 valence electrons. The summed E-state index contributed by atoms with van der Waals surface area (Å²) in [4.78, 5) is 13.5. The molecule has 0 bridgehead atoms. The molecule has 1 unspecified atom stereocenters. The number of hydrogen-bond donors (Lipinski definition) is 0. The monoisotopic (exact) mass is 398 g/mol. The smallest absolute Gasteiger partial charge is 0.214 e. The van der Waals surface area contributed by atoms with E-state index in [9.17, 15) is 10.1 Å². The Morgan fingerprint density at radius 1 is 0.900 bits per heavy atom. The molecule has 0 spiro atoms. The molecule has 1 atom stereocenters. The summed E-state index contributed by atoms with van der Waals surface area (Å²) in [5.41, 5.74) is 5.89. The maximum Gasteiger partial charge on any atom is 0.214 e. The summed E-state index contributed by atoms with van der Waals surface area (Å²) in [6.07, 6.45) is 4.92. The van der Waals surface area contributed by atoms with Crippen molar-refractivity contribution in [3.05, 3.63) is 124 Å². The van der Waals surface area contributed by atoms with Gasteiger partial charge in [0.2, 0.25) is 6.54 Å². The molecule has 1 heterocycles. The van der Waals surface area contributed by atoms with Gasteiger partial charge in [0, 0.05) is 23.4 Å². The minimum absolute atomic E-state index is 0.0741. The van der Waals surface area contributed by atoms with Gasteiger partial charge in [-0.3, -0.25) is 10.1 Å². The number of benzene rings is 3. The van der Waals surface area contributed by atoms with Crippen LogP contribution in [0.15, 0.2) is 96.7 Å². The molecule has 0 saturated heterocycles. The Bertz CT molecular complexity index is 1020. The number of anilines is 1. The van der Waals surface area contributed by atoms with Gasteiger partial charge in [0.15, 0.2) is 0 Å². The van der Waals surface area contributed by atoms with Crippen molar-refractivity contribution < 1.29 is 4.92 Å². The highest BCUT2D eigenvalue weighted by Crippen LogP contribution is 2.34. The van der Waals surface area contributed by atoms with E-state index in [0.29, 0.717) is 0 Å². The lowest BCUT2D eigenvalue weighted by Gasteiger charge is -2.31. The summed E-state index contributed by atoms with van der Waals surface area (Å²) < 4.78 is 0. The lowest BCUT2D eigenvalue weighted by Crippen LogP contribution is -2.26. The fourth-order valence-electron chi connectivity index (χ4n) is 4.26. The number of hydrogen-bond acceptors (Lipinski definition) is 3. The minimum Gasteiger partial charge on any atom is -0.348 e. The van der Waals surface area contributed by atoms with Crippen molar-refractivity contribution in [2.75, 3.05) is 18.0 Å². The van der Waals surface area contributed by atoms with Crippen molar-refractivity contribution >= 4 is 5.69 Å². The number of nitrogens with zero attached hydrogens (tertiary/aromatic N) is 2. The first-order chi connectivity index (χ1) is 14.7. The molecule has 0 radical (unpaired) electrons. The second kappa shape index (κ2) is 9.40. The second-order valence-corrected chi connectivity index (χ2v) is 7.77. The third-order valence-electron chi connectivity index (χ3n) is 5.71. The van der Waals surface area contributed by atoms with Crippen molar-refractivity contribution in [2.45, 2.75) is 25.2 Å². The van der Waals surface area contributed by atoms with Crippen LogP contribution in [0.1, 0.15) is 35.4 Å². The Hall–Kier alpha value is -3.40. The Labute approximate surface area is 177 Å². The van der Waals surface area contributed by atoms with Crippen LogP contribution in [0.3, 0.4) is 0 Å². The summed E-state index contributed by atoms with van der Waals surface area (Å²) in [5.74, 6) is -0.190. The van der Waals surface area contributed by atoms with Gasteiger partial charge in [-0.05, 0) is 47.6 Å². The summed E-state index contributed by atoms with van der Waals surface area (Å²) in [5, 5.41) is 11.4. The SMILES string of the molecule is O=[N+]([O-])CC(C1=CN(c2ccccc2Cc2ccccc2)CCC1)c1ccccc1. The maximum atomic E-state index is 11.4. The van der Waals surface area contributed by atoms with Crippen molar-refractivity contribution in [3.63, 3.8) is 0 Å². The van der Waals surface area contributed by atoms with Crippen LogP contribution in [0, 0.1) is 10.1 Å². The molecule has 1 aliphatic heterocycles. The van der Waals surface area contributed by atoms with Crippen molar-refractivity contribution in [1.29, 1.82) is 0 Å². The molecule has 0 fully saturated rings. The van der Waals surface area contributed by atoms with Crippen molar-refractivity contribution in [2.24, 2.45) is 0 Å². The van der Waals surface area contributed by atoms with Gasteiger partial charge >= 0.3 is 0 Å². The van der Waals surface area contributed by atoms with Gasteiger partial charge in [0.05, 0.1) is 5.92 Å². The highest BCUT2D eigenvalue weighted by Gasteiger charge is 2.26. The summed E-state index contributed by atoms with van der Waals surface area (Å²) in [6.45, 7) is 0.852. The van der Waals surface area contributed by atoms with E-state index in [-0.39, 0.29) is 17.4 Å². The van der Waals surface area contributed by atoms with E-state index in [0.717, 1.165) is 36.9 Å². The topological polar surface area (TPSA) is 46.4 Å². The normalized spacial score (nSPS) is 14.8. The zero-order valence-electron chi connectivity index (χ0n) is 17.0. The Morgan fingerprint density at radius 3 is 2.30 bits per heavy atom. The molecule has 4 heteroatoms. The van der Waals surface area contributed by atoms with Gasteiger partial charge in [0.1, 0.15) is 0 Å². The second-order valence-electron chi connectivity index (χ2n) is 7.77. The highest BCUT2D eigenvalue weighted by atomic mass is 16.6. The van der Waals surface area contributed by atoms with Gasteiger partial charge in [0.25, 0.3) is 0 Å². The Balaban J connectivity index is 1.66. The van der Waals surface area contributed by atoms with Gasteiger partial charge in [-0.25, -0.2) is 0 Å². The molecule has 4 rings (SSSR count). The van der Waals surface area contributed by atoms with Crippen LogP contribution in [-0.4, -0.2) is 18.0 Å². The molecule has 0 aliphatic carbocycles. The summed E-state index contributed by atoms with van der Waals surface area (Å²) >= 11 is 0. The van der Waals surface area contributed by atoms with Gasteiger partial charge in [-0.15, -0.1) is 0 Å². The van der Waals surface area contributed by atoms with Gasteiger partial charge in [-0.2, -0.15) is 0 Å². The van der Waals surface area contributed by atoms with Crippen LogP contribution in [0.2, 0.25) is 0 Å². The summed E-state index contributed by atoms with van der Waals surface area (Å²) in [6, 6.07) is 28.8. The molecular weight excluding hydrogens is 372 g/mol. The molecule has 0 N–H and O–H groups in total. The molecular formula is C26H26N2O2. The number of nitro groups is 1. The highest BCUT2D eigenvalue weighted by molar-refractivity contribution is 5.58. The molecule has 0 amide bonds. The third kappa shape index (κ3) is 4.77. The number of rotatable bonds is 7. The fraction of sp³-hybridized carbons (Fsp3) is 0.231. The first-order valence-corrected chi connectivity index (χ1v) is 10.5. The summed E-state index contributed by atoms with van der Waals surface area (Å²) in [7, 11) is 0. The van der Waals surface area contributed by atoms with Crippen LogP contribution in [0.25, 0.3) is 0 Å². The Kier molecular flexibility index (Phi) is 6.23. The standard InChI is InChI=1S/C26H26N2O2/c29-28(30)20-25(22-12-5-2-6-13-22)24-15-9-17-27(19-24)26-16-8-7-14-23(26)18-21-10-3-1-4-11-21/h1-8,10-14,16,19,25H,9,15,17-18,20H2. The molecule has 4 nitrogen and oxygen atoms in total. The molecule has 3 aromatic rings. The molecule has 0 saturated carbocycles. The van der Waals surface area contributed by atoms with Gasteiger partial charge in [-0.1, -0.05) is 78.9 Å².